The van der Waals surface area contributed by atoms with Crippen LogP contribution < -0.4 is 5.76 Å². The first-order chi connectivity index (χ1) is 14.9. The first kappa shape index (κ1) is 20.7. The van der Waals surface area contributed by atoms with Crippen molar-refractivity contribution in [2.45, 2.75) is 26.6 Å². The van der Waals surface area contributed by atoms with E-state index in [1.807, 2.05) is 35.8 Å². The molecule has 0 bridgehead atoms. The molecule has 0 saturated heterocycles. The van der Waals surface area contributed by atoms with E-state index in [0.717, 1.165) is 15.9 Å². The van der Waals surface area contributed by atoms with Crippen LogP contribution in [0, 0.1) is 6.92 Å². The number of hydrogen-bond acceptors (Lipinski definition) is 6. The predicted molar refractivity (Wildman–Crippen MR) is 112 cm³/mol. The Kier molecular flexibility index (Phi) is 5.77. The number of amides is 1. The standard InChI is InChI=1S/C21H20ClN5O4/c1-14-19(23-13-26(14)10-15-5-7-16(22)8-6-15)20-24-27(21(29)31-20)12-18(28)25(2)11-17-4-3-9-30-17/h3-9,13H,10-12H2,1-2H3. The number of carbonyl (C=O) groups is 1. The van der Waals surface area contributed by atoms with Gasteiger partial charge < -0.3 is 18.3 Å². The van der Waals surface area contributed by atoms with Gasteiger partial charge in [-0.1, -0.05) is 23.7 Å². The molecule has 160 valence electrons. The molecular weight excluding hydrogens is 422 g/mol. The summed E-state index contributed by atoms with van der Waals surface area (Å²) in [6, 6.07) is 11.0. The molecule has 4 rings (SSSR count). The molecule has 1 aromatic carbocycles. The SMILES string of the molecule is Cc1c(-c2nn(CC(=O)N(C)Cc3ccco3)c(=O)o2)ncn1Cc1ccc(Cl)cc1. The van der Waals surface area contributed by atoms with E-state index in [1.54, 1.807) is 25.5 Å². The van der Waals surface area contributed by atoms with Crippen molar-refractivity contribution >= 4 is 17.5 Å². The van der Waals surface area contributed by atoms with Crippen molar-refractivity contribution in [2.75, 3.05) is 7.05 Å². The second kappa shape index (κ2) is 8.65. The molecule has 4 aromatic rings. The van der Waals surface area contributed by atoms with Crippen LogP contribution in [-0.4, -0.2) is 37.2 Å². The van der Waals surface area contributed by atoms with E-state index in [9.17, 15) is 9.59 Å². The van der Waals surface area contributed by atoms with Crippen molar-refractivity contribution in [3.63, 3.8) is 0 Å². The Morgan fingerprint density at radius 1 is 1.23 bits per heavy atom. The lowest BCUT2D eigenvalue weighted by Gasteiger charge is -2.14. The first-order valence-corrected chi connectivity index (χ1v) is 9.89. The summed E-state index contributed by atoms with van der Waals surface area (Å²) in [4.78, 5) is 30.5. The second-order valence-electron chi connectivity index (χ2n) is 7.09. The number of imidazole rings is 1. The number of halogens is 1. The zero-order valence-corrected chi connectivity index (χ0v) is 17.7. The van der Waals surface area contributed by atoms with E-state index >= 15 is 0 Å². The molecule has 0 radical (unpaired) electrons. The molecule has 1 amide bonds. The van der Waals surface area contributed by atoms with Crippen LogP contribution in [0.1, 0.15) is 17.0 Å². The normalized spacial score (nSPS) is 11.1. The van der Waals surface area contributed by atoms with Gasteiger partial charge in [0.2, 0.25) is 5.91 Å². The molecule has 31 heavy (non-hydrogen) atoms. The molecule has 9 nitrogen and oxygen atoms in total. The van der Waals surface area contributed by atoms with Crippen LogP contribution in [0.25, 0.3) is 11.6 Å². The molecule has 3 aromatic heterocycles. The maximum atomic E-state index is 12.4. The van der Waals surface area contributed by atoms with Gasteiger partial charge in [0.05, 0.1) is 19.1 Å². The molecule has 0 aliphatic rings. The van der Waals surface area contributed by atoms with Gasteiger partial charge in [-0.2, -0.15) is 4.68 Å². The minimum Gasteiger partial charge on any atom is -0.467 e. The fourth-order valence-electron chi connectivity index (χ4n) is 3.07. The zero-order valence-electron chi connectivity index (χ0n) is 17.0. The van der Waals surface area contributed by atoms with Gasteiger partial charge >= 0.3 is 5.76 Å². The zero-order chi connectivity index (χ0) is 22.0. The van der Waals surface area contributed by atoms with Crippen molar-refractivity contribution in [3.8, 4) is 11.6 Å². The van der Waals surface area contributed by atoms with Gasteiger partial charge in [-0.05, 0) is 36.8 Å². The number of nitrogens with zero attached hydrogens (tertiary/aromatic N) is 5. The first-order valence-electron chi connectivity index (χ1n) is 9.51. The van der Waals surface area contributed by atoms with Crippen molar-refractivity contribution in [1.82, 2.24) is 24.2 Å². The number of furan rings is 1. The summed E-state index contributed by atoms with van der Waals surface area (Å²) in [7, 11) is 1.62. The molecular formula is C21H20ClN5O4. The van der Waals surface area contributed by atoms with Crippen LogP contribution in [0.2, 0.25) is 5.02 Å². The number of hydrogen-bond donors (Lipinski definition) is 0. The van der Waals surface area contributed by atoms with E-state index in [-0.39, 0.29) is 18.3 Å². The van der Waals surface area contributed by atoms with Gasteiger partial charge in [0.1, 0.15) is 18.0 Å². The fourth-order valence-corrected chi connectivity index (χ4v) is 3.20. The Bertz CT molecular complexity index is 1240. The maximum absolute atomic E-state index is 12.4. The van der Waals surface area contributed by atoms with E-state index < -0.39 is 5.76 Å². The van der Waals surface area contributed by atoms with Crippen LogP contribution in [-0.2, 0) is 24.4 Å². The van der Waals surface area contributed by atoms with Crippen LogP contribution >= 0.6 is 11.6 Å². The monoisotopic (exact) mass is 441 g/mol. The van der Waals surface area contributed by atoms with E-state index in [4.69, 9.17) is 20.4 Å². The molecule has 0 fully saturated rings. The summed E-state index contributed by atoms with van der Waals surface area (Å²) < 4.78 is 13.4. The molecule has 0 atom stereocenters. The highest BCUT2D eigenvalue weighted by molar-refractivity contribution is 6.30. The molecule has 0 spiro atoms. The lowest BCUT2D eigenvalue weighted by Crippen LogP contribution is -2.32. The largest absolute Gasteiger partial charge is 0.467 e. The van der Waals surface area contributed by atoms with Crippen LogP contribution in [0.4, 0.5) is 0 Å². The van der Waals surface area contributed by atoms with Gasteiger partial charge in [0.15, 0.2) is 0 Å². The third-order valence-corrected chi connectivity index (χ3v) is 5.11. The Balaban J connectivity index is 1.48. The summed E-state index contributed by atoms with van der Waals surface area (Å²) in [6.07, 6.45) is 3.19. The summed E-state index contributed by atoms with van der Waals surface area (Å²) in [5, 5.41) is 4.84. The molecule has 0 unspecified atom stereocenters. The summed E-state index contributed by atoms with van der Waals surface area (Å²) >= 11 is 5.93. The second-order valence-corrected chi connectivity index (χ2v) is 7.53. The molecule has 0 aliphatic carbocycles. The Labute approximate surface area is 182 Å². The van der Waals surface area contributed by atoms with E-state index in [2.05, 4.69) is 10.1 Å². The van der Waals surface area contributed by atoms with Crippen LogP contribution in [0.5, 0.6) is 0 Å². The van der Waals surface area contributed by atoms with Gasteiger partial charge in [-0.3, -0.25) is 4.79 Å². The number of benzene rings is 1. The summed E-state index contributed by atoms with van der Waals surface area (Å²) in [5.41, 5.74) is 2.28. The molecule has 0 N–H and O–H groups in total. The lowest BCUT2D eigenvalue weighted by atomic mass is 10.2. The Morgan fingerprint density at radius 2 is 2.00 bits per heavy atom. The highest BCUT2D eigenvalue weighted by Gasteiger charge is 2.20. The Morgan fingerprint density at radius 3 is 2.71 bits per heavy atom. The van der Waals surface area contributed by atoms with E-state index in [0.29, 0.717) is 29.6 Å². The molecule has 0 aliphatic heterocycles. The summed E-state index contributed by atoms with van der Waals surface area (Å²) in [6.45, 7) is 2.49. The van der Waals surface area contributed by atoms with Gasteiger partial charge in [0, 0.05) is 24.3 Å². The number of rotatable bonds is 7. The third-order valence-electron chi connectivity index (χ3n) is 4.86. The number of likely N-dealkylation sites (N-methyl/N-ethyl adjacent to an activating group) is 1. The number of aromatic nitrogens is 4. The average Bonchev–Trinajstić information content (AvgIpc) is 3.46. The van der Waals surface area contributed by atoms with Crippen molar-refractivity contribution in [2.24, 2.45) is 0 Å². The quantitative estimate of drug-likeness (QED) is 0.437. The van der Waals surface area contributed by atoms with Gasteiger partial charge in [-0.25, -0.2) is 9.78 Å². The van der Waals surface area contributed by atoms with Crippen molar-refractivity contribution in [1.29, 1.82) is 0 Å². The minimum absolute atomic E-state index is 0.0684. The predicted octanol–water partition coefficient (Wildman–Crippen LogP) is 2.96. The van der Waals surface area contributed by atoms with Crippen LogP contribution in [0.15, 0.2) is 62.6 Å². The van der Waals surface area contributed by atoms with Gasteiger partial charge in [0.25, 0.3) is 5.89 Å². The Hall–Kier alpha value is -3.59. The molecule has 0 saturated carbocycles. The van der Waals surface area contributed by atoms with Gasteiger partial charge in [-0.15, -0.1) is 5.10 Å². The average molecular weight is 442 g/mol. The maximum Gasteiger partial charge on any atom is 0.437 e. The molecule has 10 heteroatoms. The number of carbonyl (C=O) groups excluding carboxylic acids is 1. The highest BCUT2D eigenvalue weighted by Crippen LogP contribution is 2.20. The molecule has 3 heterocycles. The highest BCUT2D eigenvalue weighted by atomic mass is 35.5. The minimum atomic E-state index is -0.721. The summed E-state index contributed by atoms with van der Waals surface area (Å²) in [5.74, 6) is -0.311. The van der Waals surface area contributed by atoms with Crippen molar-refractivity contribution in [3.05, 3.63) is 81.6 Å². The fraction of sp³-hybridized carbons (Fsp3) is 0.238. The van der Waals surface area contributed by atoms with E-state index in [1.165, 1.54) is 11.2 Å². The smallest absolute Gasteiger partial charge is 0.437 e. The topological polar surface area (TPSA) is 99.3 Å². The lowest BCUT2D eigenvalue weighted by molar-refractivity contribution is -0.131. The van der Waals surface area contributed by atoms with Crippen LogP contribution in [0.3, 0.4) is 0 Å². The van der Waals surface area contributed by atoms with Crippen molar-refractivity contribution < 1.29 is 13.6 Å². The third kappa shape index (κ3) is 4.61.